The molecule has 0 aromatic carbocycles. The van der Waals surface area contributed by atoms with Crippen LogP contribution in [0.4, 0.5) is 0 Å². The van der Waals surface area contributed by atoms with Crippen molar-refractivity contribution in [2.45, 2.75) is 174 Å². The Kier molecular flexibility index (Phi) is 33.2. The molecule has 0 radical (unpaired) electrons. The maximum absolute atomic E-state index is 12.6. The third-order valence-electron chi connectivity index (χ3n) is 8.14. The van der Waals surface area contributed by atoms with Crippen LogP contribution in [0.2, 0.25) is 0 Å². The Balaban J connectivity index is 4.46. The number of carboxylic acid groups (broad SMARTS) is 1. The van der Waals surface area contributed by atoms with Gasteiger partial charge in [-0.2, -0.15) is 0 Å². The molecule has 296 valence electrons. The molecule has 0 aromatic heterocycles. The molecule has 0 amide bonds. The summed E-state index contributed by atoms with van der Waals surface area (Å²) < 4.78 is 32.5. The molecule has 0 spiro atoms. The number of nitrogens with two attached hydrogens (primary N) is 1. The van der Waals surface area contributed by atoms with Gasteiger partial charge in [0.05, 0.1) is 13.2 Å². The first kappa shape index (κ1) is 48.7. The highest BCUT2D eigenvalue weighted by molar-refractivity contribution is 7.47. The number of hydrogen-bond donors (Lipinski definition) is 3. The van der Waals surface area contributed by atoms with Crippen molar-refractivity contribution in [1.29, 1.82) is 0 Å². The Labute approximate surface area is 308 Å². The van der Waals surface area contributed by atoms with Crippen LogP contribution in [0.3, 0.4) is 0 Å². The summed E-state index contributed by atoms with van der Waals surface area (Å²) in [6.45, 7) is 2.72. The second-order valence-electron chi connectivity index (χ2n) is 13.1. The van der Waals surface area contributed by atoms with Crippen molar-refractivity contribution in [3.05, 3.63) is 36.5 Å². The Morgan fingerprint density at radius 3 is 1.59 bits per heavy atom. The molecule has 1 unspecified atom stereocenters. The van der Waals surface area contributed by atoms with Crippen molar-refractivity contribution in [2.24, 2.45) is 5.73 Å². The first-order chi connectivity index (χ1) is 24.6. The summed E-state index contributed by atoms with van der Waals surface area (Å²) in [4.78, 5) is 45.7. The molecular weight excluding hydrogens is 673 g/mol. The summed E-state index contributed by atoms with van der Waals surface area (Å²) in [6, 6.07) is -1.52. The molecule has 11 nitrogen and oxygen atoms in total. The fourth-order valence-corrected chi connectivity index (χ4v) is 5.79. The van der Waals surface area contributed by atoms with E-state index in [4.69, 9.17) is 24.8 Å². The van der Waals surface area contributed by atoms with Crippen LogP contribution < -0.4 is 5.73 Å². The zero-order valence-electron chi connectivity index (χ0n) is 31.7. The first-order valence-electron chi connectivity index (χ1n) is 19.5. The topological polar surface area (TPSA) is 172 Å². The molecule has 0 aliphatic heterocycles. The summed E-state index contributed by atoms with van der Waals surface area (Å²) in [6.07, 6.45) is 35.0. The van der Waals surface area contributed by atoms with E-state index in [0.717, 1.165) is 64.2 Å². The molecule has 0 fully saturated rings. The van der Waals surface area contributed by atoms with Gasteiger partial charge in [0.2, 0.25) is 0 Å². The van der Waals surface area contributed by atoms with E-state index in [0.29, 0.717) is 12.8 Å². The highest BCUT2D eigenvalue weighted by Crippen LogP contribution is 2.43. The number of phosphoric acid groups is 1. The number of phosphoric ester groups is 1. The first-order valence-corrected chi connectivity index (χ1v) is 21.0. The normalized spacial score (nSPS) is 14.3. The number of hydrogen-bond acceptors (Lipinski definition) is 9. The van der Waals surface area contributed by atoms with E-state index in [1.165, 1.54) is 57.8 Å². The lowest BCUT2D eigenvalue weighted by molar-refractivity contribution is -0.161. The molecule has 4 N–H and O–H groups in total. The van der Waals surface area contributed by atoms with Crippen LogP contribution in [-0.4, -0.2) is 59.9 Å². The van der Waals surface area contributed by atoms with E-state index in [1.807, 2.05) is 0 Å². The molecule has 0 rings (SSSR count). The smallest absolute Gasteiger partial charge is 0.472 e. The largest absolute Gasteiger partial charge is 0.480 e. The van der Waals surface area contributed by atoms with Crippen molar-refractivity contribution >= 4 is 25.7 Å². The van der Waals surface area contributed by atoms with Crippen LogP contribution >= 0.6 is 7.82 Å². The third kappa shape index (κ3) is 34.5. The number of allylic oxidation sites excluding steroid dienone is 6. The van der Waals surface area contributed by atoms with Crippen LogP contribution in [0.1, 0.15) is 162 Å². The number of unbranched alkanes of at least 4 members (excludes halogenated alkanes) is 16. The minimum Gasteiger partial charge on any atom is -0.480 e. The number of rotatable bonds is 36. The molecular formula is C39H70NO10P. The highest BCUT2D eigenvalue weighted by Gasteiger charge is 2.28. The van der Waals surface area contributed by atoms with Gasteiger partial charge in [-0.15, -0.1) is 0 Å². The SMILES string of the molecule is CCCCC/C=C\C/C=C\C/C=C\CCCCCCC(=O)O[C@H](COC(=O)CCCCCCCCCCCC)COP(=O)(O)OC[C@H](N)C(=O)O. The molecule has 0 saturated carbocycles. The molecule has 12 heteroatoms. The standard InChI is InChI=1S/C39H70NO10P/c1-3-5-7-9-11-13-15-16-17-18-19-20-21-23-25-27-29-31-38(42)50-35(33-48-51(45,46)49-34-36(40)39(43)44)32-47-37(41)30-28-26-24-22-14-12-10-8-6-4-2/h11,13,16-17,19-20,35-36H,3-10,12,14-15,18,21-34,40H2,1-2H3,(H,43,44)(H,45,46)/b13-11-,17-16-,20-19-/t35-,36+/m1/s1. The number of carboxylic acids is 1. The number of esters is 2. The van der Waals surface area contributed by atoms with Gasteiger partial charge in [0.15, 0.2) is 6.10 Å². The van der Waals surface area contributed by atoms with Crippen molar-refractivity contribution < 1.29 is 47.5 Å². The fourth-order valence-electron chi connectivity index (χ4n) is 5.01. The van der Waals surface area contributed by atoms with Gasteiger partial charge in [0, 0.05) is 12.8 Å². The monoisotopic (exact) mass is 743 g/mol. The Morgan fingerprint density at radius 1 is 0.608 bits per heavy atom. The molecule has 3 atom stereocenters. The van der Waals surface area contributed by atoms with Crippen molar-refractivity contribution in [3.63, 3.8) is 0 Å². The van der Waals surface area contributed by atoms with Crippen molar-refractivity contribution in [1.82, 2.24) is 0 Å². The van der Waals surface area contributed by atoms with Gasteiger partial charge in [0.25, 0.3) is 0 Å². The van der Waals surface area contributed by atoms with Gasteiger partial charge >= 0.3 is 25.7 Å². The predicted molar refractivity (Wildman–Crippen MR) is 203 cm³/mol. The van der Waals surface area contributed by atoms with E-state index in [9.17, 15) is 23.8 Å². The number of carbonyl (C=O) groups is 3. The minimum atomic E-state index is -4.71. The highest BCUT2D eigenvalue weighted by atomic mass is 31.2. The van der Waals surface area contributed by atoms with E-state index in [1.54, 1.807) is 0 Å². The average molecular weight is 744 g/mol. The van der Waals surface area contributed by atoms with Crippen LogP contribution in [-0.2, 0) is 37.5 Å². The number of carbonyl (C=O) groups excluding carboxylic acids is 2. The molecule has 0 aromatic rings. The van der Waals surface area contributed by atoms with Crippen LogP contribution in [0, 0.1) is 0 Å². The van der Waals surface area contributed by atoms with Crippen LogP contribution in [0.5, 0.6) is 0 Å². The Bertz CT molecular complexity index is 1020. The number of ether oxygens (including phenoxy) is 2. The van der Waals surface area contributed by atoms with Gasteiger partial charge in [-0.3, -0.25) is 23.4 Å². The van der Waals surface area contributed by atoms with Gasteiger partial charge in [-0.1, -0.05) is 134 Å². The lowest BCUT2D eigenvalue weighted by atomic mass is 10.1. The van der Waals surface area contributed by atoms with Crippen LogP contribution in [0.25, 0.3) is 0 Å². The second-order valence-corrected chi connectivity index (χ2v) is 14.5. The van der Waals surface area contributed by atoms with E-state index >= 15 is 0 Å². The Morgan fingerprint density at radius 2 is 1.04 bits per heavy atom. The van der Waals surface area contributed by atoms with Gasteiger partial charge in [0.1, 0.15) is 12.6 Å². The fraction of sp³-hybridized carbons (Fsp3) is 0.769. The maximum Gasteiger partial charge on any atom is 0.472 e. The Hall–Kier alpha value is -2.30. The summed E-state index contributed by atoms with van der Waals surface area (Å²) >= 11 is 0. The van der Waals surface area contributed by atoms with E-state index < -0.39 is 51.1 Å². The maximum atomic E-state index is 12.6. The average Bonchev–Trinajstić information content (AvgIpc) is 3.10. The lowest BCUT2D eigenvalue weighted by Crippen LogP contribution is -2.34. The molecule has 0 bridgehead atoms. The zero-order chi connectivity index (χ0) is 37.8. The van der Waals surface area contributed by atoms with E-state index in [2.05, 4.69) is 54.8 Å². The van der Waals surface area contributed by atoms with Crippen molar-refractivity contribution in [2.75, 3.05) is 19.8 Å². The lowest BCUT2D eigenvalue weighted by Gasteiger charge is -2.20. The summed E-state index contributed by atoms with van der Waals surface area (Å²) in [5.41, 5.74) is 5.31. The quantitative estimate of drug-likeness (QED) is 0.0241. The molecule has 0 aliphatic carbocycles. The summed E-state index contributed by atoms with van der Waals surface area (Å²) in [5, 5.41) is 8.86. The van der Waals surface area contributed by atoms with Gasteiger partial charge in [-0.25, -0.2) is 4.57 Å². The van der Waals surface area contributed by atoms with Gasteiger partial charge < -0.3 is 25.2 Å². The summed E-state index contributed by atoms with van der Waals surface area (Å²) in [7, 11) is -4.71. The molecule has 0 saturated heterocycles. The molecule has 0 aliphatic rings. The number of aliphatic carboxylic acids is 1. The predicted octanol–water partition coefficient (Wildman–Crippen LogP) is 9.67. The second kappa shape index (κ2) is 34.8. The summed E-state index contributed by atoms with van der Waals surface area (Å²) in [5.74, 6) is -2.41. The molecule has 51 heavy (non-hydrogen) atoms. The minimum absolute atomic E-state index is 0.136. The van der Waals surface area contributed by atoms with Gasteiger partial charge in [-0.05, 0) is 51.4 Å². The third-order valence-corrected chi connectivity index (χ3v) is 9.09. The zero-order valence-corrected chi connectivity index (χ0v) is 32.6. The van der Waals surface area contributed by atoms with E-state index in [-0.39, 0.29) is 19.4 Å². The molecule has 0 heterocycles. The van der Waals surface area contributed by atoms with Crippen molar-refractivity contribution in [3.8, 4) is 0 Å². The van der Waals surface area contributed by atoms with Crippen LogP contribution in [0.15, 0.2) is 36.5 Å².